The van der Waals surface area contributed by atoms with Crippen molar-refractivity contribution in [3.63, 3.8) is 0 Å². The first-order chi connectivity index (χ1) is 34.1. The molecule has 1 aliphatic heterocycles. The summed E-state index contributed by atoms with van der Waals surface area (Å²) in [5.74, 6) is -2.15. The number of ketones is 1. The number of amides is 2. The topological polar surface area (TPSA) is 202 Å². The third-order valence-electron chi connectivity index (χ3n) is 13.2. The Bertz CT molecular complexity index is 2310. The fourth-order valence-corrected chi connectivity index (χ4v) is 9.20. The highest BCUT2D eigenvalue weighted by Crippen LogP contribution is 2.22. The predicted molar refractivity (Wildman–Crippen MR) is 278 cm³/mol. The van der Waals surface area contributed by atoms with Crippen LogP contribution in [0.3, 0.4) is 0 Å². The minimum absolute atomic E-state index is 0.0376. The molecule has 2 aromatic heterocycles. The molecule has 1 aliphatic rings. The van der Waals surface area contributed by atoms with Gasteiger partial charge in [0.1, 0.15) is 6.73 Å². The van der Waals surface area contributed by atoms with E-state index in [1.165, 1.54) is 0 Å². The number of aromatic amines is 1. The number of imidazole rings is 1. The predicted octanol–water partition coefficient (Wildman–Crippen LogP) is 5.88. The van der Waals surface area contributed by atoms with Gasteiger partial charge in [0.25, 0.3) is 6.47 Å². The maximum Gasteiger partial charge on any atom is 0.317 e. The highest BCUT2D eigenvalue weighted by molar-refractivity contribution is 7.80. The summed E-state index contributed by atoms with van der Waals surface area (Å²) in [7, 11) is 0. The van der Waals surface area contributed by atoms with Crippen LogP contribution < -0.4 is 16.0 Å². The highest BCUT2D eigenvalue weighted by Gasteiger charge is 2.32. The van der Waals surface area contributed by atoms with E-state index in [4.69, 9.17) is 21.9 Å². The van der Waals surface area contributed by atoms with Crippen LogP contribution in [0.25, 0.3) is 0 Å². The molecule has 384 valence electrons. The van der Waals surface area contributed by atoms with Crippen molar-refractivity contribution < 1.29 is 33.8 Å². The van der Waals surface area contributed by atoms with Crippen molar-refractivity contribution in [2.75, 3.05) is 39.5 Å². The van der Waals surface area contributed by atoms with Gasteiger partial charge >= 0.3 is 5.97 Å². The molecule has 2 amide bonds. The number of carbonyl (C=O) groups is 5. The number of Topliss-reactive ketones (excluding diaryl/α,β-unsaturated/α-hetero) is 1. The van der Waals surface area contributed by atoms with E-state index in [2.05, 4.69) is 66.9 Å². The van der Waals surface area contributed by atoms with E-state index >= 15 is 0 Å². The number of rotatable bonds is 26. The number of thiocarbonyl (C=S) groups is 1. The molecular formula is C54H75N9O7S. The average molecular weight is 994 g/mol. The van der Waals surface area contributed by atoms with Crippen molar-refractivity contribution in [1.82, 2.24) is 45.6 Å². The van der Waals surface area contributed by atoms with Crippen LogP contribution in [-0.4, -0.2) is 121 Å². The molecule has 16 nitrogen and oxygen atoms in total. The van der Waals surface area contributed by atoms with Gasteiger partial charge < -0.3 is 35.7 Å². The number of hydrogen-bond acceptors (Lipinski definition) is 12. The summed E-state index contributed by atoms with van der Waals surface area (Å²) in [6.07, 6.45) is 6.31. The number of ether oxygens (including phenoxy) is 1. The molecule has 0 saturated heterocycles. The molecule has 1 unspecified atom stereocenters. The van der Waals surface area contributed by atoms with Gasteiger partial charge in [-0.15, -0.1) is 0 Å². The smallest absolute Gasteiger partial charge is 0.317 e. The molecule has 3 heterocycles. The lowest BCUT2D eigenvalue weighted by atomic mass is 9.86. The number of likely N-dealkylation sites (N-methyl/N-ethyl adjacent to an activating group) is 1. The Kier molecular flexibility index (Phi) is 22.8. The lowest BCUT2D eigenvalue weighted by Crippen LogP contribution is -2.48. The number of carboxylic acids is 1. The first-order valence-electron chi connectivity index (χ1n) is 25.0. The number of fused-ring (bicyclic) bond motifs is 2. The minimum atomic E-state index is -0.873. The van der Waals surface area contributed by atoms with Crippen molar-refractivity contribution in [2.45, 2.75) is 118 Å². The molecule has 5 atom stereocenters. The largest absolute Gasteiger partial charge is 0.480 e. The molecule has 71 heavy (non-hydrogen) atoms. The number of aliphatic carboxylic acids is 1. The zero-order valence-corrected chi connectivity index (χ0v) is 43.2. The van der Waals surface area contributed by atoms with Crippen LogP contribution in [-0.2, 0) is 74.2 Å². The molecule has 0 aliphatic carbocycles. The normalized spacial score (nSPS) is 16.6. The first-order valence-corrected chi connectivity index (χ1v) is 25.4. The van der Waals surface area contributed by atoms with Crippen LogP contribution >= 0.6 is 12.2 Å². The van der Waals surface area contributed by atoms with Crippen molar-refractivity contribution in [3.05, 3.63) is 119 Å². The number of H-pyrrole nitrogens is 1. The Morgan fingerprint density at radius 1 is 0.873 bits per heavy atom. The van der Waals surface area contributed by atoms with E-state index in [0.717, 1.165) is 45.9 Å². The minimum Gasteiger partial charge on any atom is -0.480 e. The lowest BCUT2D eigenvalue weighted by molar-refractivity contribution is -0.139. The summed E-state index contributed by atoms with van der Waals surface area (Å²) in [6.45, 7) is 16.9. The van der Waals surface area contributed by atoms with Gasteiger partial charge in [0.05, 0.1) is 35.3 Å². The molecule has 17 heteroatoms. The third-order valence-corrected chi connectivity index (χ3v) is 13.5. The summed E-state index contributed by atoms with van der Waals surface area (Å²) in [4.78, 5) is 82.8. The summed E-state index contributed by atoms with van der Waals surface area (Å²) in [5.41, 5.74) is 6.62. The Morgan fingerprint density at radius 2 is 1.52 bits per heavy atom. The summed E-state index contributed by atoms with van der Waals surface area (Å²) < 4.78 is 5.34. The van der Waals surface area contributed by atoms with E-state index in [1.54, 1.807) is 12.5 Å². The number of carbonyl (C=O) groups excluding carboxylic acids is 4. The zero-order chi connectivity index (χ0) is 51.3. The standard InChI is InChI=1S/C54H75N9O7S/c1-7-38(5)52(60-53(68)39(6)23-47-29-55-34-58-47)49(65)26-44(22-37(3)4)54(69)57-28-43-18-16-42(17-19-43)27-56-50(71)25-41-14-12-40(13-15-41)24-48-32-61(8-2)20-21-62(33-51(66)67)30-45-10-9-11-46(59-45)31-63(48)35-70-36-64/h9-19,29,34,36-39,44,48,52H,7-8,20-28,30-33,35H2,1-6H3,(H,55,58)(H,56,71)(H,57,69)(H,60,68)(H,66,67)/t38?,39-,44+,48-,52-/m0/s1. The van der Waals surface area contributed by atoms with Crippen LogP contribution in [0.2, 0.25) is 0 Å². The Balaban J connectivity index is 1.13. The van der Waals surface area contributed by atoms with Gasteiger partial charge in [0.2, 0.25) is 11.8 Å². The maximum absolute atomic E-state index is 13.8. The number of hydrogen-bond donors (Lipinski definition) is 5. The second kappa shape index (κ2) is 28.8. The van der Waals surface area contributed by atoms with Crippen LogP contribution in [0.15, 0.2) is 79.3 Å². The summed E-state index contributed by atoms with van der Waals surface area (Å²) in [6, 6.07) is 21.5. The van der Waals surface area contributed by atoms with Crippen molar-refractivity contribution in [1.29, 1.82) is 0 Å². The maximum atomic E-state index is 13.8. The number of benzene rings is 2. The molecule has 4 aromatic rings. The van der Waals surface area contributed by atoms with Crippen LogP contribution in [0.1, 0.15) is 100 Å². The molecule has 2 aromatic carbocycles. The Hall–Kier alpha value is -5.88. The van der Waals surface area contributed by atoms with Gasteiger partial charge in [0, 0.05) is 94.8 Å². The quantitative estimate of drug-likeness (QED) is 0.0369. The summed E-state index contributed by atoms with van der Waals surface area (Å²) in [5, 5.41) is 19.1. The number of nitrogens with one attached hydrogen (secondary N) is 4. The highest BCUT2D eigenvalue weighted by atomic mass is 32.1. The van der Waals surface area contributed by atoms with E-state index in [1.807, 2.05) is 82.0 Å². The second-order valence-corrected chi connectivity index (χ2v) is 20.0. The SMILES string of the molecule is CCC(C)[C@H](NC(=O)[C@@H](C)Cc1cnc[nH]1)C(=O)C[C@@H](CC(C)C)C(=O)NCc1ccc(CNC(=S)Cc2ccc(C[C@H]3CN(CC)CCN(CC(=O)O)Cc4cccc(n4)CN3COC=O)cc2)cc1. The monoisotopic (exact) mass is 994 g/mol. The lowest BCUT2D eigenvalue weighted by Gasteiger charge is -2.36. The van der Waals surface area contributed by atoms with E-state index in [9.17, 15) is 29.1 Å². The van der Waals surface area contributed by atoms with E-state index in [-0.39, 0.29) is 61.1 Å². The molecule has 0 fully saturated rings. The third kappa shape index (κ3) is 19.0. The van der Waals surface area contributed by atoms with Crippen molar-refractivity contribution in [2.24, 2.45) is 23.7 Å². The van der Waals surface area contributed by atoms with Gasteiger partial charge in [-0.2, -0.15) is 0 Å². The first kappa shape index (κ1) is 56.0. The van der Waals surface area contributed by atoms with Crippen molar-refractivity contribution in [3.8, 4) is 0 Å². The number of nitrogens with zero attached hydrogens (tertiary/aromatic N) is 5. The van der Waals surface area contributed by atoms with Crippen molar-refractivity contribution >= 4 is 47.2 Å². The molecule has 0 radical (unpaired) electrons. The second-order valence-electron chi connectivity index (χ2n) is 19.5. The molecule has 0 saturated carbocycles. The van der Waals surface area contributed by atoms with Gasteiger partial charge in [-0.25, -0.2) is 4.98 Å². The molecule has 2 bridgehead atoms. The molecular weight excluding hydrogens is 919 g/mol. The van der Waals surface area contributed by atoms with Gasteiger partial charge in [-0.3, -0.25) is 38.8 Å². The van der Waals surface area contributed by atoms with Crippen LogP contribution in [0, 0.1) is 23.7 Å². The average Bonchev–Trinajstić information content (AvgIpc) is 3.86. The number of pyridine rings is 1. The van der Waals surface area contributed by atoms with Gasteiger partial charge in [-0.1, -0.05) is 115 Å². The number of carboxylic acid groups (broad SMARTS) is 1. The fourth-order valence-electron chi connectivity index (χ4n) is 8.96. The van der Waals surface area contributed by atoms with Crippen LogP contribution in [0.5, 0.6) is 0 Å². The van der Waals surface area contributed by atoms with Crippen LogP contribution in [0.4, 0.5) is 0 Å². The molecule has 5 N–H and O–H groups in total. The zero-order valence-electron chi connectivity index (χ0n) is 42.4. The van der Waals surface area contributed by atoms with Gasteiger partial charge in [-0.05, 0) is 65.6 Å². The fraction of sp³-hybridized carbons (Fsp3) is 0.519. The Labute approximate surface area is 425 Å². The molecule has 0 spiro atoms. The van der Waals surface area contributed by atoms with Gasteiger partial charge in [0.15, 0.2) is 5.78 Å². The van der Waals surface area contributed by atoms with E-state index in [0.29, 0.717) is 89.4 Å². The summed E-state index contributed by atoms with van der Waals surface area (Å²) >= 11 is 5.77. The number of aromatic nitrogens is 3. The van der Waals surface area contributed by atoms with E-state index < -0.39 is 17.9 Å². The Morgan fingerprint density at radius 3 is 2.14 bits per heavy atom. The molecule has 5 rings (SSSR count).